The quantitative estimate of drug-likeness (QED) is 0.923. The lowest BCUT2D eigenvalue weighted by atomic mass is 9.99. The normalized spacial score (nSPS) is 19.4. The molecule has 0 aliphatic carbocycles. The third-order valence-electron chi connectivity index (χ3n) is 4.04. The van der Waals surface area contributed by atoms with E-state index in [-0.39, 0.29) is 6.10 Å². The highest BCUT2D eigenvalue weighted by atomic mass is 16.3. The van der Waals surface area contributed by atoms with Gasteiger partial charge in [0.1, 0.15) is 0 Å². The van der Waals surface area contributed by atoms with Crippen LogP contribution in [0.15, 0.2) is 48.5 Å². The van der Waals surface area contributed by atoms with E-state index in [4.69, 9.17) is 0 Å². The van der Waals surface area contributed by atoms with Crippen molar-refractivity contribution in [2.75, 3.05) is 13.1 Å². The van der Waals surface area contributed by atoms with Gasteiger partial charge in [0.05, 0.1) is 6.10 Å². The standard InChI is InChI=1S/C18H21NO/c1-14-5-2-3-8-18(14)16-7-4-6-15(11-16)12-19-10-9-17(20)13-19/h2-8,11,17,20H,9-10,12-13H2,1H3/t17-/m1/s1. The molecule has 3 rings (SSSR count). The Bertz CT molecular complexity index is 593. The molecule has 0 saturated carbocycles. The van der Waals surface area contributed by atoms with Gasteiger partial charge in [0.15, 0.2) is 0 Å². The molecule has 104 valence electrons. The Kier molecular flexibility index (Phi) is 3.86. The average Bonchev–Trinajstić information content (AvgIpc) is 2.85. The summed E-state index contributed by atoms with van der Waals surface area (Å²) in [5, 5.41) is 9.60. The van der Waals surface area contributed by atoms with E-state index in [1.807, 2.05) is 0 Å². The van der Waals surface area contributed by atoms with Crippen molar-refractivity contribution in [2.24, 2.45) is 0 Å². The number of aliphatic hydroxyl groups excluding tert-OH is 1. The van der Waals surface area contributed by atoms with E-state index in [1.54, 1.807) is 0 Å². The molecule has 0 radical (unpaired) electrons. The van der Waals surface area contributed by atoms with Crippen molar-refractivity contribution in [1.29, 1.82) is 0 Å². The first-order valence-corrected chi connectivity index (χ1v) is 7.28. The Morgan fingerprint density at radius 2 is 2.00 bits per heavy atom. The molecule has 2 aromatic carbocycles. The summed E-state index contributed by atoms with van der Waals surface area (Å²) in [6.45, 7) is 4.87. The summed E-state index contributed by atoms with van der Waals surface area (Å²) < 4.78 is 0. The second-order valence-corrected chi connectivity index (χ2v) is 5.69. The Balaban J connectivity index is 1.81. The van der Waals surface area contributed by atoms with E-state index >= 15 is 0 Å². The van der Waals surface area contributed by atoms with Gasteiger partial charge in [-0.15, -0.1) is 0 Å². The smallest absolute Gasteiger partial charge is 0.0679 e. The molecule has 2 aromatic rings. The number of β-amino-alcohol motifs (C(OH)–C–C–N with tert-alkyl or cyclic N) is 1. The first-order chi connectivity index (χ1) is 9.72. The van der Waals surface area contributed by atoms with Gasteiger partial charge in [0, 0.05) is 19.6 Å². The van der Waals surface area contributed by atoms with E-state index in [0.717, 1.165) is 26.1 Å². The number of rotatable bonds is 3. The zero-order chi connectivity index (χ0) is 13.9. The highest BCUT2D eigenvalue weighted by Crippen LogP contribution is 2.24. The molecule has 1 N–H and O–H groups in total. The third kappa shape index (κ3) is 2.92. The number of aliphatic hydroxyl groups is 1. The van der Waals surface area contributed by atoms with Crippen molar-refractivity contribution in [1.82, 2.24) is 4.90 Å². The molecule has 0 spiro atoms. The minimum absolute atomic E-state index is 0.144. The fourth-order valence-corrected chi connectivity index (χ4v) is 2.95. The minimum Gasteiger partial charge on any atom is -0.392 e. The Hall–Kier alpha value is -1.64. The van der Waals surface area contributed by atoms with Crippen LogP contribution in [0.2, 0.25) is 0 Å². The van der Waals surface area contributed by atoms with Gasteiger partial charge in [-0.05, 0) is 41.7 Å². The Morgan fingerprint density at radius 1 is 1.15 bits per heavy atom. The zero-order valence-electron chi connectivity index (χ0n) is 11.9. The fourth-order valence-electron chi connectivity index (χ4n) is 2.95. The minimum atomic E-state index is -0.144. The van der Waals surface area contributed by atoms with E-state index in [1.165, 1.54) is 22.3 Å². The van der Waals surface area contributed by atoms with Gasteiger partial charge in [0.25, 0.3) is 0 Å². The second kappa shape index (κ2) is 5.78. The summed E-state index contributed by atoms with van der Waals surface area (Å²) in [5.41, 5.74) is 5.21. The molecule has 1 atom stereocenters. The Labute approximate surface area is 120 Å². The van der Waals surface area contributed by atoms with Crippen LogP contribution in [-0.2, 0) is 6.54 Å². The number of aryl methyl sites for hydroxylation is 1. The maximum Gasteiger partial charge on any atom is 0.0679 e. The highest BCUT2D eigenvalue weighted by Gasteiger charge is 2.19. The van der Waals surface area contributed by atoms with E-state index in [9.17, 15) is 5.11 Å². The van der Waals surface area contributed by atoms with Crippen LogP contribution in [0, 0.1) is 6.92 Å². The van der Waals surface area contributed by atoms with Crippen molar-refractivity contribution in [3.8, 4) is 11.1 Å². The molecule has 20 heavy (non-hydrogen) atoms. The van der Waals surface area contributed by atoms with Crippen molar-refractivity contribution in [2.45, 2.75) is 26.0 Å². The molecule has 1 saturated heterocycles. The van der Waals surface area contributed by atoms with Crippen LogP contribution in [0.3, 0.4) is 0 Å². The van der Waals surface area contributed by atoms with E-state index in [0.29, 0.717) is 0 Å². The van der Waals surface area contributed by atoms with Gasteiger partial charge in [-0.3, -0.25) is 4.90 Å². The molecule has 2 nitrogen and oxygen atoms in total. The molecule has 1 fully saturated rings. The van der Waals surface area contributed by atoms with Crippen LogP contribution >= 0.6 is 0 Å². The van der Waals surface area contributed by atoms with Gasteiger partial charge >= 0.3 is 0 Å². The summed E-state index contributed by atoms with van der Waals surface area (Å²) >= 11 is 0. The first-order valence-electron chi connectivity index (χ1n) is 7.28. The molecule has 1 aliphatic heterocycles. The molecule has 2 heteroatoms. The zero-order valence-corrected chi connectivity index (χ0v) is 11.9. The predicted molar refractivity (Wildman–Crippen MR) is 82.5 cm³/mol. The number of hydrogen-bond acceptors (Lipinski definition) is 2. The van der Waals surface area contributed by atoms with Crippen LogP contribution in [-0.4, -0.2) is 29.2 Å². The molecule has 0 unspecified atom stereocenters. The average molecular weight is 267 g/mol. The van der Waals surface area contributed by atoms with E-state index < -0.39 is 0 Å². The van der Waals surface area contributed by atoms with Crippen LogP contribution in [0.25, 0.3) is 11.1 Å². The fraction of sp³-hybridized carbons (Fsp3) is 0.333. The number of likely N-dealkylation sites (tertiary alicyclic amines) is 1. The topological polar surface area (TPSA) is 23.5 Å². The lowest BCUT2D eigenvalue weighted by Crippen LogP contribution is -2.21. The molecule has 0 bridgehead atoms. The summed E-state index contributed by atoms with van der Waals surface area (Å²) in [5.74, 6) is 0. The van der Waals surface area contributed by atoms with Gasteiger partial charge in [-0.2, -0.15) is 0 Å². The van der Waals surface area contributed by atoms with E-state index in [2.05, 4.69) is 60.4 Å². The van der Waals surface area contributed by atoms with Crippen LogP contribution in [0.1, 0.15) is 17.5 Å². The highest BCUT2D eigenvalue weighted by molar-refractivity contribution is 5.67. The van der Waals surface area contributed by atoms with Crippen LogP contribution in [0.5, 0.6) is 0 Å². The van der Waals surface area contributed by atoms with Crippen molar-refractivity contribution >= 4 is 0 Å². The SMILES string of the molecule is Cc1ccccc1-c1cccc(CN2CC[C@@H](O)C2)c1. The molecule has 1 heterocycles. The summed E-state index contributed by atoms with van der Waals surface area (Å²) in [6, 6.07) is 17.2. The molecular weight excluding hydrogens is 246 g/mol. The van der Waals surface area contributed by atoms with Crippen LogP contribution in [0.4, 0.5) is 0 Å². The third-order valence-corrected chi connectivity index (χ3v) is 4.04. The summed E-state index contributed by atoms with van der Waals surface area (Å²) in [4.78, 5) is 2.32. The Morgan fingerprint density at radius 3 is 2.75 bits per heavy atom. The van der Waals surface area contributed by atoms with Gasteiger partial charge in [-0.25, -0.2) is 0 Å². The van der Waals surface area contributed by atoms with Gasteiger partial charge < -0.3 is 5.11 Å². The lowest BCUT2D eigenvalue weighted by Gasteiger charge is -2.16. The lowest BCUT2D eigenvalue weighted by molar-refractivity contribution is 0.175. The summed E-state index contributed by atoms with van der Waals surface area (Å²) in [6.07, 6.45) is 0.756. The number of benzene rings is 2. The monoisotopic (exact) mass is 267 g/mol. The van der Waals surface area contributed by atoms with Gasteiger partial charge in [-0.1, -0.05) is 42.5 Å². The van der Waals surface area contributed by atoms with Crippen LogP contribution < -0.4 is 0 Å². The van der Waals surface area contributed by atoms with Gasteiger partial charge in [0.2, 0.25) is 0 Å². The first kappa shape index (κ1) is 13.3. The van der Waals surface area contributed by atoms with Crippen molar-refractivity contribution < 1.29 is 5.11 Å². The molecule has 0 aromatic heterocycles. The summed E-state index contributed by atoms with van der Waals surface area (Å²) in [7, 11) is 0. The maximum atomic E-state index is 9.60. The maximum absolute atomic E-state index is 9.60. The molecule has 0 amide bonds. The second-order valence-electron chi connectivity index (χ2n) is 5.69. The number of nitrogens with zero attached hydrogens (tertiary/aromatic N) is 1. The predicted octanol–water partition coefficient (Wildman–Crippen LogP) is 3.23. The van der Waals surface area contributed by atoms with Crippen molar-refractivity contribution in [3.05, 3.63) is 59.7 Å². The largest absolute Gasteiger partial charge is 0.392 e. The van der Waals surface area contributed by atoms with Crippen molar-refractivity contribution in [3.63, 3.8) is 0 Å². The number of hydrogen-bond donors (Lipinski definition) is 1. The molecular formula is C18H21NO. The molecule has 1 aliphatic rings.